The number of methoxy groups -OCH3 is 1. The Morgan fingerprint density at radius 3 is 2.54 bits per heavy atom. The van der Waals surface area contributed by atoms with Gasteiger partial charge in [0.2, 0.25) is 11.8 Å². The van der Waals surface area contributed by atoms with Crippen molar-refractivity contribution in [2.24, 2.45) is 0 Å². The number of amides is 2. The maximum absolute atomic E-state index is 12.9. The van der Waals surface area contributed by atoms with Gasteiger partial charge in [0.1, 0.15) is 5.75 Å². The van der Waals surface area contributed by atoms with E-state index in [9.17, 15) is 22.8 Å². The van der Waals surface area contributed by atoms with Crippen LogP contribution in [0.1, 0.15) is 29.9 Å². The number of rotatable bonds is 11. The summed E-state index contributed by atoms with van der Waals surface area (Å²) in [5, 5.41) is 14.1. The molecule has 0 bridgehead atoms. The number of halogens is 3. The van der Waals surface area contributed by atoms with Gasteiger partial charge in [-0.1, -0.05) is 36.0 Å². The highest BCUT2D eigenvalue weighted by Crippen LogP contribution is 2.30. The molecule has 0 aliphatic heterocycles. The largest absolute Gasteiger partial charge is 0.497 e. The van der Waals surface area contributed by atoms with Gasteiger partial charge >= 0.3 is 6.18 Å². The molecule has 2 amide bonds. The highest BCUT2D eigenvalue weighted by Gasteiger charge is 2.30. The molecular formula is C25H26F3N5O3S. The Kier molecular flexibility index (Phi) is 9.34. The van der Waals surface area contributed by atoms with E-state index in [1.165, 1.54) is 12.1 Å². The number of hydrogen-bond donors (Lipinski definition) is 2. The van der Waals surface area contributed by atoms with E-state index in [2.05, 4.69) is 27.4 Å². The van der Waals surface area contributed by atoms with E-state index in [4.69, 9.17) is 4.74 Å². The number of carbonyl (C=O) groups excluding carboxylic acids is 2. The van der Waals surface area contributed by atoms with E-state index >= 15 is 0 Å². The maximum atomic E-state index is 12.9. The molecule has 3 rings (SSSR count). The molecule has 1 aromatic heterocycles. The summed E-state index contributed by atoms with van der Waals surface area (Å²) in [6.45, 7) is 5.83. The second-order valence-corrected chi connectivity index (χ2v) is 8.91. The van der Waals surface area contributed by atoms with Crippen LogP contribution >= 0.6 is 11.8 Å². The lowest BCUT2D eigenvalue weighted by atomic mass is 10.1. The van der Waals surface area contributed by atoms with Gasteiger partial charge in [-0.25, -0.2) is 0 Å². The van der Waals surface area contributed by atoms with Crippen LogP contribution in [0.4, 0.5) is 18.9 Å². The number of benzene rings is 2. The summed E-state index contributed by atoms with van der Waals surface area (Å²) >= 11 is 1.07. The molecule has 1 atom stereocenters. The van der Waals surface area contributed by atoms with Crippen LogP contribution in [0.5, 0.6) is 5.75 Å². The van der Waals surface area contributed by atoms with Crippen LogP contribution in [-0.4, -0.2) is 39.4 Å². The highest BCUT2D eigenvalue weighted by molar-refractivity contribution is 7.99. The van der Waals surface area contributed by atoms with E-state index in [0.717, 1.165) is 29.5 Å². The fraction of sp³-hybridized carbons (Fsp3) is 0.280. The van der Waals surface area contributed by atoms with E-state index in [1.807, 2.05) is 12.1 Å². The molecule has 2 N–H and O–H groups in total. The average Bonchev–Trinajstić information content (AvgIpc) is 3.25. The van der Waals surface area contributed by atoms with Crippen molar-refractivity contribution in [3.05, 3.63) is 78.1 Å². The van der Waals surface area contributed by atoms with E-state index < -0.39 is 23.7 Å². The number of carbonyl (C=O) groups is 2. The molecular weight excluding hydrogens is 507 g/mol. The van der Waals surface area contributed by atoms with Gasteiger partial charge in [-0.15, -0.1) is 16.8 Å². The summed E-state index contributed by atoms with van der Waals surface area (Å²) in [5.74, 6) is 0.358. The van der Waals surface area contributed by atoms with Crippen LogP contribution in [0.25, 0.3) is 0 Å². The van der Waals surface area contributed by atoms with E-state index in [0.29, 0.717) is 23.3 Å². The van der Waals surface area contributed by atoms with Gasteiger partial charge in [-0.05, 0) is 42.8 Å². The van der Waals surface area contributed by atoms with Crippen molar-refractivity contribution in [2.45, 2.75) is 37.3 Å². The second kappa shape index (κ2) is 12.4. The van der Waals surface area contributed by atoms with Crippen LogP contribution in [0.2, 0.25) is 0 Å². The van der Waals surface area contributed by atoms with Crippen molar-refractivity contribution in [1.82, 2.24) is 20.1 Å². The minimum atomic E-state index is -4.51. The molecule has 3 aromatic rings. The first-order chi connectivity index (χ1) is 17.6. The fourth-order valence-electron chi connectivity index (χ4n) is 3.41. The molecule has 37 heavy (non-hydrogen) atoms. The quantitative estimate of drug-likeness (QED) is 0.275. The summed E-state index contributed by atoms with van der Waals surface area (Å²) in [5.41, 5.74) is 0.0132. The van der Waals surface area contributed by atoms with E-state index in [-0.39, 0.29) is 23.8 Å². The molecule has 0 aliphatic carbocycles. The summed E-state index contributed by atoms with van der Waals surface area (Å²) in [6, 6.07) is 11.1. The number of allylic oxidation sites excluding steroid dienone is 1. The minimum Gasteiger partial charge on any atom is -0.497 e. The van der Waals surface area contributed by atoms with Gasteiger partial charge in [0, 0.05) is 12.2 Å². The normalized spacial score (nSPS) is 12.0. The number of alkyl halides is 3. The standard InChI is InChI=1S/C25H26F3N5O3S/c1-4-12-33-23(16(2)29-21(34)13-17-8-10-20(36-3)11-9-17)31-32-24(33)37-15-22(35)30-19-7-5-6-18(14-19)25(26,27)28/h4-11,14,16H,1,12-13,15H2,2-3H3,(H,29,34)(H,30,35)/t16-/m0/s1. The molecule has 0 radical (unpaired) electrons. The molecule has 2 aromatic carbocycles. The molecule has 0 spiro atoms. The number of hydrogen-bond acceptors (Lipinski definition) is 6. The molecule has 0 aliphatic rings. The molecule has 0 fully saturated rings. The molecule has 0 unspecified atom stereocenters. The van der Waals surface area contributed by atoms with Crippen LogP contribution in [-0.2, 0) is 28.7 Å². The van der Waals surface area contributed by atoms with Crippen molar-refractivity contribution in [1.29, 1.82) is 0 Å². The lowest BCUT2D eigenvalue weighted by Gasteiger charge is -2.15. The third kappa shape index (κ3) is 7.84. The van der Waals surface area contributed by atoms with Gasteiger partial charge in [0.15, 0.2) is 11.0 Å². The summed E-state index contributed by atoms with van der Waals surface area (Å²) in [7, 11) is 1.57. The highest BCUT2D eigenvalue weighted by atomic mass is 32.2. The van der Waals surface area contributed by atoms with Crippen molar-refractivity contribution in [2.75, 3.05) is 18.2 Å². The maximum Gasteiger partial charge on any atom is 0.416 e. The predicted octanol–water partition coefficient (Wildman–Crippen LogP) is 4.64. The smallest absolute Gasteiger partial charge is 0.416 e. The Labute approximate surface area is 216 Å². The number of nitrogens with zero attached hydrogens (tertiary/aromatic N) is 3. The molecule has 0 saturated carbocycles. The first-order valence-electron chi connectivity index (χ1n) is 11.2. The van der Waals surface area contributed by atoms with Crippen LogP contribution in [0.3, 0.4) is 0 Å². The Morgan fingerprint density at radius 1 is 1.16 bits per heavy atom. The molecule has 8 nitrogen and oxygen atoms in total. The molecule has 196 valence electrons. The molecule has 0 saturated heterocycles. The Balaban J connectivity index is 1.61. The van der Waals surface area contributed by atoms with Crippen molar-refractivity contribution < 1.29 is 27.5 Å². The zero-order valence-electron chi connectivity index (χ0n) is 20.2. The van der Waals surface area contributed by atoms with Crippen LogP contribution in [0, 0.1) is 0 Å². The topological polar surface area (TPSA) is 98.1 Å². The fourth-order valence-corrected chi connectivity index (χ4v) is 4.17. The Morgan fingerprint density at radius 2 is 1.89 bits per heavy atom. The lowest BCUT2D eigenvalue weighted by Crippen LogP contribution is -2.30. The van der Waals surface area contributed by atoms with Gasteiger partial charge in [-0.2, -0.15) is 13.2 Å². The number of nitrogens with one attached hydrogen (secondary N) is 2. The number of ether oxygens (including phenoxy) is 1. The third-order valence-electron chi connectivity index (χ3n) is 5.15. The van der Waals surface area contributed by atoms with Crippen LogP contribution in [0.15, 0.2) is 66.3 Å². The first kappa shape index (κ1) is 27.8. The molecule has 12 heteroatoms. The van der Waals surface area contributed by atoms with Crippen molar-refractivity contribution in [3.63, 3.8) is 0 Å². The Hall–Kier alpha value is -3.80. The van der Waals surface area contributed by atoms with Crippen molar-refractivity contribution in [3.8, 4) is 5.75 Å². The summed E-state index contributed by atoms with van der Waals surface area (Å²) in [6.07, 6.45) is -2.71. The Bertz CT molecular complexity index is 1250. The van der Waals surface area contributed by atoms with Gasteiger partial charge < -0.3 is 19.9 Å². The number of aromatic nitrogens is 3. The van der Waals surface area contributed by atoms with Crippen molar-refractivity contribution >= 4 is 29.3 Å². The van der Waals surface area contributed by atoms with Gasteiger partial charge in [0.25, 0.3) is 0 Å². The third-order valence-corrected chi connectivity index (χ3v) is 6.12. The number of thioether (sulfide) groups is 1. The minimum absolute atomic E-state index is 0.0434. The summed E-state index contributed by atoms with van der Waals surface area (Å²) in [4.78, 5) is 24.9. The SMILES string of the molecule is C=CCn1c(SCC(=O)Nc2cccc(C(F)(F)F)c2)nnc1[C@H](C)NC(=O)Cc1ccc(OC)cc1. The van der Waals surface area contributed by atoms with Gasteiger partial charge in [0.05, 0.1) is 30.9 Å². The average molecular weight is 534 g/mol. The zero-order chi connectivity index (χ0) is 27.0. The van der Waals surface area contributed by atoms with Crippen LogP contribution < -0.4 is 15.4 Å². The second-order valence-electron chi connectivity index (χ2n) is 7.97. The molecule has 1 heterocycles. The zero-order valence-corrected chi connectivity index (χ0v) is 21.0. The number of anilines is 1. The lowest BCUT2D eigenvalue weighted by molar-refractivity contribution is -0.137. The van der Waals surface area contributed by atoms with E-state index in [1.54, 1.807) is 36.8 Å². The monoisotopic (exact) mass is 533 g/mol. The predicted molar refractivity (Wildman–Crippen MR) is 134 cm³/mol. The summed E-state index contributed by atoms with van der Waals surface area (Å²) < 4.78 is 45.5. The van der Waals surface area contributed by atoms with Gasteiger partial charge in [-0.3, -0.25) is 9.59 Å². The first-order valence-corrected chi connectivity index (χ1v) is 12.2.